The zero-order valence-electron chi connectivity index (χ0n) is 13.4. The third kappa shape index (κ3) is 4.94. The Balaban J connectivity index is 1.80. The summed E-state index contributed by atoms with van der Waals surface area (Å²) in [5.41, 5.74) is -0.239. The van der Waals surface area contributed by atoms with Gasteiger partial charge in [-0.25, -0.2) is 4.79 Å². The van der Waals surface area contributed by atoms with Gasteiger partial charge in [-0.15, -0.1) is 0 Å². The summed E-state index contributed by atoms with van der Waals surface area (Å²) >= 11 is 0. The minimum Gasteiger partial charge on any atom is -0.475 e. The summed E-state index contributed by atoms with van der Waals surface area (Å²) in [6.45, 7) is 0.971. The van der Waals surface area contributed by atoms with Crippen molar-refractivity contribution in [1.82, 2.24) is 5.32 Å². The molecule has 1 N–H and O–H groups in total. The average molecular weight is 336 g/mol. The Morgan fingerprint density at radius 1 is 1.33 bits per heavy atom. The number of nitrogens with one attached hydrogen (secondary N) is 1. The highest BCUT2D eigenvalue weighted by Crippen LogP contribution is 2.25. The molecule has 8 nitrogen and oxygen atoms in total. The smallest absolute Gasteiger partial charge is 0.344 e. The van der Waals surface area contributed by atoms with Crippen LogP contribution in [0.25, 0.3) is 0 Å². The highest BCUT2D eigenvalue weighted by molar-refractivity contribution is 5.83. The van der Waals surface area contributed by atoms with Crippen LogP contribution < -0.4 is 10.1 Å². The van der Waals surface area contributed by atoms with Gasteiger partial charge in [0.15, 0.2) is 18.5 Å². The first-order chi connectivity index (χ1) is 11.5. The summed E-state index contributed by atoms with van der Waals surface area (Å²) in [4.78, 5) is 33.9. The van der Waals surface area contributed by atoms with Crippen LogP contribution in [0, 0.1) is 10.1 Å². The lowest BCUT2D eigenvalue weighted by atomic mass is 10.2. The van der Waals surface area contributed by atoms with Gasteiger partial charge in [-0.05, 0) is 25.8 Å². The van der Waals surface area contributed by atoms with E-state index in [1.807, 2.05) is 0 Å². The molecule has 2 rings (SSSR count). The van der Waals surface area contributed by atoms with Gasteiger partial charge in [-0.1, -0.05) is 25.0 Å². The standard InChI is InChI=1S/C16H20N2O6/c1-11(16(20)17-12-6-2-3-7-12)24-15(19)10-23-14-9-5-4-8-13(14)18(21)22/h4-5,8-9,11-12H,2-3,6-7,10H2,1H3,(H,17,20)/t11-/m0/s1. The number of esters is 1. The van der Waals surface area contributed by atoms with Gasteiger partial charge in [0.2, 0.25) is 0 Å². The van der Waals surface area contributed by atoms with Crippen LogP contribution in [0.1, 0.15) is 32.6 Å². The first-order valence-electron chi connectivity index (χ1n) is 7.83. The molecule has 0 bridgehead atoms. The van der Waals surface area contributed by atoms with Crippen molar-refractivity contribution in [3.63, 3.8) is 0 Å². The molecule has 1 aliphatic rings. The molecular formula is C16H20N2O6. The molecule has 0 saturated heterocycles. The molecule has 1 amide bonds. The van der Waals surface area contributed by atoms with Crippen molar-refractivity contribution >= 4 is 17.6 Å². The van der Waals surface area contributed by atoms with Crippen LogP contribution in [0.15, 0.2) is 24.3 Å². The summed E-state index contributed by atoms with van der Waals surface area (Å²) < 4.78 is 10.1. The molecule has 0 heterocycles. The Kier molecular flexibility index (Phi) is 6.11. The van der Waals surface area contributed by atoms with Crippen LogP contribution in [0.4, 0.5) is 5.69 Å². The number of amides is 1. The van der Waals surface area contributed by atoms with Crippen molar-refractivity contribution in [2.75, 3.05) is 6.61 Å². The highest BCUT2D eigenvalue weighted by atomic mass is 16.6. The fourth-order valence-electron chi connectivity index (χ4n) is 2.54. The maximum Gasteiger partial charge on any atom is 0.344 e. The lowest BCUT2D eigenvalue weighted by Crippen LogP contribution is -2.41. The number of hydrogen-bond acceptors (Lipinski definition) is 6. The Labute approximate surface area is 139 Å². The van der Waals surface area contributed by atoms with Gasteiger partial charge in [0.1, 0.15) is 0 Å². The van der Waals surface area contributed by atoms with Gasteiger partial charge in [0.05, 0.1) is 4.92 Å². The van der Waals surface area contributed by atoms with Crippen LogP contribution in [-0.4, -0.2) is 35.6 Å². The van der Waals surface area contributed by atoms with E-state index in [0.29, 0.717) is 0 Å². The number of carbonyl (C=O) groups excluding carboxylic acids is 2. The number of benzene rings is 1. The van der Waals surface area contributed by atoms with Gasteiger partial charge in [0.25, 0.3) is 5.91 Å². The van der Waals surface area contributed by atoms with Crippen LogP contribution >= 0.6 is 0 Å². The highest BCUT2D eigenvalue weighted by Gasteiger charge is 2.23. The molecule has 1 atom stereocenters. The van der Waals surface area contributed by atoms with Crippen molar-refractivity contribution in [2.24, 2.45) is 0 Å². The van der Waals surface area contributed by atoms with Gasteiger partial charge in [-0.2, -0.15) is 0 Å². The molecule has 24 heavy (non-hydrogen) atoms. The molecule has 0 radical (unpaired) electrons. The minimum absolute atomic E-state index is 0.0255. The summed E-state index contributed by atoms with van der Waals surface area (Å²) in [7, 11) is 0. The summed E-state index contributed by atoms with van der Waals surface area (Å²) in [6.07, 6.45) is 3.11. The van der Waals surface area contributed by atoms with E-state index in [9.17, 15) is 19.7 Å². The lowest BCUT2D eigenvalue weighted by Gasteiger charge is -2.17. The van der Waals surface area contributed by atoms with Crippen LogP contribution in [0.5, 0.6) is 5.75 Å². The first-order valence-corrected chi connectivity index (χ1v) is 7.83. The maximum atomic E-state index is 11.9. The van der Waals surface area contributed by atoms with E-state index in [0.717, 1.165) is 25.7 Å². The summed E-state index contributed by atoms with van der Waals surface area (Å²) in [5, 5.41) is 13.7. The molecule has 0 spiro atoms. The van der Waals surface area contributed by atoms with E-state index < -0.39 is 23.6 Å². The van der Waals surface area contributed by atoms with E-state index in [2.05, 4.69) is 5.32 Å². The Bertz CT molecular complexity index is 612. The zero-order valence-corrected chi connectivity index (χ0v) is 13.4. The molecule has 1 aliphatic carbocycles. The quantitative estimate of drug-likeness (QED) is 0.463. The number of para-hydroxylation sites is 2. The third-order valence-corrected chi connectivity index (χ3v) is 3.79. The van der Waals surface area contributed by atoms with Crippen LogP contribution in [0.3, 0.4) is 0 Å². The fraction of sp³-hybridized carbons (Fsp3) is 0.500. The predicted octanol–water partition coefficient (Wildman–Crippen LogP) is 1.96. The lowest BCUT2D eigenvalue weighted by molar-refractivity contribution is -0.385. The van der Waals surface area contributed by atoms with E-state index in [-0.39, 0.29) is 23.4 Å². The van der Waals surface area contributed by atoms with Crippen LogP contribution in [-0.2, 0) is 14.3 Å². The Morgan fingerprint density at radius 3 is 2.67 bits per heavy atom. The first kappa shape index (κ1) is 17.7. The minimum atomic E-state index is -0.938. The largest absolute Gasteiger partial charge is 0.475 e. The average Bonchev–Trinajstić information content (AvgIpc) is 3.06. The monoisotopic (exact) mass is 336 g/mol. The van der Waals surface area contributed by atoms with Gasteiger partial charge < -0.3 is 14.8 Å². The molecule has 1 aromatic carbocycles. The molecule has 1 fully saturated rings. The maximum absolute atomic E-state index is 11.9. The second-order valence-corrected chi connectivity index (χ2v) is 5.64. The summed E-state index contributed by atoms with van der Waals surface area (Å²) in [5.74, 6) is -1.13. The normalized spacial score (nSPS) is 15.5. The Morgan fingerprint density at radius 2 is 2.00 bits per heavy atom. The van der Waals surface area contributed by atoms with E-state index in [1.165, 1.54) is 25.1 Å². The molecule has 0 aliphatic heterocycles. The SMILES string of the molecule is C[C@H](OC(=O)COc1ccccc1[N+](=O)[O-])C(=O)NC1CCCC1. The predicted molar refractivity (Wildman–Crippen MR) is 84.5 cm³/mol. The molecular weight excluding hydrogens is 316 g/mol. The molecule has 0 aromatic heterocycles. The third-order valence-electron chi connectivity index (χ3n) is 3.79. The van der Waals surface area contributed by atoms with Crippen molar-refractivity contribution < 1.29 is 24.0 Å². The van der Waals surface area contributed by atoms with E-state index in [1.54, 1.807) is 6.07 Å². The molecule has 0 unspecified atom stereocenters. The van der Waals surface area contributed by atoms with Crippen molar-refractivity contribution in [2.45, 2.75) is 44.8 Å². The second kappa shape index (κ2) is 8.28. The van der Waals surface area contributed by atoms with Gasteiger partial charge >= 0.3 is 11.7 Å². The molecule has 1 aromatic rings. The molecule has 1 saturated carbocycles. The second-order valence-electron chi connectivity index (χ2n) is 5.64. The number of carbonyl (C=O) groups is 2. The summed E-state index contributed by atoms with van der Waals surface area (Å²) in [6, 6.07) is 5.87. The van der Waals surface area contributed by atoms with Crippen molar-refractivity contribution in [1.29, 1.82) is 0 Å². The fourth-order valence-corrected chi connectivity index (χ4v) is 2.54. The van der Waals surface area contributed by atoms with Crippen LogP contribution in [0.2, 0.25) is 0 Å². The van der Waals surface area contributed by atoms with E-state index >= 15 is 0 Å². The Hall–Kier alpha value is -2.64. The van der Waals surface area contributed by atoms with Gasteiger partial charge in [0, 0.05) is 12.1 Å². The molecule has 8 heteroatoms. The van der Waals surface area contributed by atoms with E-state index in [4.69, 9.17) is 9.47 Å². The van der Waals surface area contributed by atoms with Gasteiger partial charge in [-0.3, -0.25) is 14.9 Å². The molecule has 130 valence electrons. The number of nitrogens with zero attached hydrogens (tertiary/aromatic N) is 1. The number of hydrogen-bond donors (Lipinski definition) is 1. The van der Waals surface area contributed by atoms with Crippen molar-refractivity contribution in [3.8, 4) is 5.75 Å². The number of rotatable bonds is 7. The number of ether oxygens (including phenoxy) is 2. The topological polar surface area (TPSA) is 108 Å². The zero-order chi connectivity index (χ0) is 17.5. The number of nitro groups is 1. The number of nitro benzene ring substituents is 1. The van der Waals surface area contributed by atoms with Crippen molar-refractivity contribution in [3.05, 3.63) is 34.4 Å².